The number of amides is 1. The van der Waals surface area contributed by atoms with Gasteiger partial charge in [0.05, 0.1) is 17.4 Å². The van der Waals surface area contributed by atoms with Crippen LogP contribution in [-0.4, -0.2) is 43.6 Å². The van der Waals surface area contributed by atoms with Crippen LogP contribution in [0.1, 0.15) is 34.2 Å². The van der Waals surface area contributed by atoms with Gasteiger partial charge < -0.3 is 5.32 Å². The number of aromatic nitrogens is 4. The second-order valence-corrected chi connectivity index (χ2v) is 6.69. The van der Waals surface area contributed by atoms with Gasteiger partial charge in [-0.25, -0.2) is 0 Å². The maximum atomic E-state index is 12.2. The molecule has 7 heteroatoms. The summed E-state index contributed by atoms with van der Waals surface area (Å²) in [6, 6.07) is 11.7. The highest BCUT2D eigenvalue weighted by atomic mass is 16.1. The van der Waals surface area contributed by atoms with E-state index in [-0.39, 0.29) is 11.9 Å². The van der Waals surface area contributed by atoms with Gasteiger partial charge in [-0.3, -0.25) is 24.3 Å². The minimum absolute atomic E-state index is 0.0701. The Bertz CT molecular complexity index is 880. The van der Waals surface area contributed by atoms with Gasteiger partial charge in [-0.05, 0) is 36.8 Å². The smallest absolute Gasteiger partial charge is 0.251 e. The van der Waals surface area contributed by atoms with Crippen molar-refractivity contribution in [2.24, 2.45) is 0 Å². The standard InChI is InChI=1S/C20H22N6O/c27-20(16-4-9-21-10-5-16)23-11-6-18-14-25(13-17-3-1-2-8-22-17)15-19-7-12-24-26(18)19/h1-5,7-10,12,18H,6,11,13-15H2,(H,23,27). The molecule has 4 rings (SSSR count). The molecule has 1 N–H and O–H groups in total. The van der Waals surface area contributed by atoms with Gasteiger partial charge in [0.25, 0.3) is 5.91 Å². The highest BCUT2D eigenvalue weighted by molar-refractivity contribution is 5.93. The van der Waals surface area contributed by atoms with Gasteiger partial charge in [-0.15, -0.1) is 0 Å². The average Bonchev–Trinajstić information content (AvgIpc) is 3.18. The van der Waals surface area contributed by atoms with E-state index < -0.39 is 0 Å². The molecule has 0 fully saturated rings. The fourth-order valence-corrected chi connectivity index (χ4v) is 3.48. The van der Waals surface area contributed by atoms with E-state index in [0.717, 1.165) is 31.7 Å². The zero-order chi connectivity index (χ0) is 18.5. The van der Waals surface area contributed by atoms with Crippen molar-refractivity contribution < 1.29 is 4.79 Å². The second kappa shape index (κ2) is 8.09. The van der Waals surface area contributed by atoms with Gasteiger partial charge in [0, 0.05) is 56.5 Å². The van der Waals surface area contributed by atoms with Crippen LogP contribution < -0.4 is 5.32 Å². The maximum Gasteiger partial charge on any atom is 0.251 e. The van der Waals surface area contributed by atoms with Crippen molar-refractivity contribution in [2.75, 3.05) is 13.1 Å². The lowest BCUT2D eigenvalue weighted by molar-refractivity contribution is 0.0946. The number of pyridine rings is 2. The minimum Gasteiger partial charge on any atom is -0.352 e. The van der Waals surface area contributed by atoms with Crippen molar-refractivity contribution in [1.82, 2.24) is 30.0 Å². The molecular formula is C20H22N6O. The maximum absolute atomic E-state index is 12.2. The summed E-state index contributed by atoms with van der Waals surface area (Å²) in [4.78, 5) is 23.0. The first-order valence-electron chi connectivity index (χ1n) is 9.12. The molecule has 1 aliphatic rings. The van der Waals surface area contributed by atoms with Crippen LogP contribution in [0, 0.1) is 0 Å². The van der Waals surface area contributed by atoms with Crippen LogP contribution in [0.15, 0.2) is 61.2 Å². The molecule has 0 aromatic carbocycles. The Morgan fingerprint density at radius 1 is 1.11 bits per heavy atom. The Balaban J connectivity index is 1.37. The molecule has 7 nitrogen and oxygen atoms in total. The van der Waals surface area contributed by atoms with Crippen molar-refractivity contribution in [1.29, 1.82) is 0 Å². The molecule has 27 heavy (non-hydrogen) atoms. The number of carbonyl (C=O) groups excluding carboxylic acids is 1. The van der Waals surface area contributed by atoms with Gasteiger partial charge in [-0.1, -0.05) is 6.07 Å². The Hall–Kier alpha value is -3.06. The zero-order valence-corrected chi connectivity index (χ0v) is 15.0. The molecule has 0 radical (unpaired) electrons. The minimum atomic E-state index is -0.0701. The molecule has 3 aromatic rings. The quantitative estimate of drug-likeness (QED) is 0.726. The SMILES string of the molecule is O=C(NCCC1CN(Cc2ccccn2)Cc2ccnn21)c1ccncc1. The number of hydrogen-bond acceptors (Lipinski definition) is 5. The molecule has 138 valence electrons. The fraction of sp³-hybridized carbons (Fsp3) is 0.300. The predicted molar refractivity (Wildman–Crippen MR) is 101 cm³/mol. The van der Waals surface area contributed by atoms with Gasteiger partial charge in [0.15, 0.2) is 0 Å². The number of hydrogen-bond donors (Lipinski definition) is 1. The highest BCUT2D eigenvalue weighted by Crippen LogP contribution is 2.23. The normalized spacial score (nSPS) is 16.7. The van der Waals surface area contributed by atoms with E-state index in [2.05, 4.69) is 42.1 Å². The fourth-order valence-electron chi connectivity index (χ4n) is 3.48. The molecule has 1 unspecified atom stereocenters. The third kappa shape index (κ3) is 4.20. The zero-order valence-electron chi connectivity index (χ0n) is 15.0. The first kappa shape index (κ1) is 17.4. The predicted octanol–water partition coefficient (Wildman–Crippen LogP) is 2.05. The monoisotopic (exact) mass is 362 g/mol. The van der Waals surface area contributed by atoms with E-state index in [1.54, 1.807) is 24.5 Å². The summed E-state index contributed by atoms with van der Waals surface area (Å²) in [5.41, 5.74) is 2.89. The summed E-state index contributed by atoms with van der Waals surface area (Å²) in [6.45, 7) is 3.15. The lowest BCUT2D eigenvalue weighted by Gasteiger charge is -2.33. The first-order valence-corrected chi connectivity index (χ1v) is 9.12. The van der Waals surface area contributed by atoms with Crippen molar-refractivity contribution in [3.63, 3.8) is 0 Å². The van der Waals surface area contributed by atoms with Gasteiger partial charge >= 0.3 is 0 Å². The number of fused-ring (bicyclic) bond motifs is 1. The lowest BCUT2D eigenvalue weighted by atomic mass is 10.1. The Labute approximate surface area is 158 Å². The Kier molecular flexibility index (Phi) is 5.20. The number of carbonyl (C=O) groups is 1. The van der Waals surface area contributed by atoms with E-state index in [9.17, 15) is 4.79 Å². The van der Waals surface area contributed by atoms with Crippen molar-refractivity contribution >= 4 is 5.91 Å². The van der Waals surface area contributed by atoms with Crippen LogP contribution in [0.2, 0.25) is 0 Å². The molecule has 0 saturated carbocycles. The molecule has 4 heterocycles. The van der Waals surface area contributed by atoms with Crippen molar-refractivity contribution in [3.8, 4) is 0 Å². The topological polar surface area (TPSA) is 75.9 Å². The van der Waals surface area contributed by atoms with Gasteiger partial charge in [0.2, 0.25) is 0 Å². The summed E-state index contributed by atoms with van der Waals surface area (Å²) in [5, 5.41) is 7.48. The highest BCUT2D eigenvalue weighted by Gasteiger charge is 2.25. The van der Waals surface area contributed by atoms with Gasteiger partial charge in [0.1, 0.15) is 0 Å². The van der Waals surface area contributed by atoms with Crippen LogP contribution in [0.25, 0.3) is 0 Å². The number of nitrogens with one attached hydrogen (secondary N) is 1. The molecule has 1 amide bonds. The number of nitrogens with zero attached hydrogens (tertiary/aromatic N) is 5. The second-order valence-electron chi connectivity index (χ2n) is 6.69. The summed E-state index contributed by atoms with van der Waals surface area (Å²) in [6.07, 6.45) is 7.76. The molecule has 3 aromatic heterocycles. The van der Waals surface area contributed by atoms with Crippen LogP contribution in [-0.2, 0) is 13.1 Å². The molecule has 0 aliphatic carbocycles. The molecule has 1 atom stereocenters. The molecule has 1 aliphatic heterocycles. The molecular weight excluding hydrogens is 340 g/mol. The summed E-state index contributed by atoms with van der Waals surface area (Å²) in [5.74, 6) is -0.0701. The summed E-state index contributed by atoms with van der Waals surface area (Å²) >= 11 is 0. The third-order valence-electron chi connectivity index (χ3n) is 4.77. The van der Waals surface area contributed by atoms with E-state index in [4.69, 9.17) is 0 Å². The first-order chi connectivity index (χ1) is 13.3. The van der Waals surface area contributed by atoms with E-state index in [1.165, 1.54) is 5.69 Å². The van der Waals surface area contributed by atoms with Crippen LogP contribution in [0.5, 0.6) is 0 Å². The van der Waals surface area contributed by atoms with Crippen molar-refractivity contribution in [3.05, 3.63) is 78.1 Å². The van der Waals surface area contributed by atoms with Crippen LogP contribution in [0.4, 0.5) is 0 Å². The van der Waals surface area contributed by atoms with E-state index in [1.807, 2.05) is 24.5 Å². The number of rotatable bonds is 6. The van der Waals surface area contributed by atoms with E-state index in [0.29, 0.717) is 12.1 Å². The molecule has 0 saturated heterocycles. The average molecular weight is 362 g/mol. The van der Waals surface area contributed by atoms with Crippen LogP contribution in [0.3, 0.4) is 0 Å². The molecule has 0 bridgehead atoms. The summed E-state index contributed by atoms with van der Waals surface area (Å²) in [7, 11) is 0. The van der Waals surface area contributed by atoms with Gasteiger partial charge in [-0.2, -0.15) is 5.10 Å². The summed E-state index contributed by atoms with van der Waals surface area (Å²) < 4.78 is 2.09. The lowest BCUT2D eigenvalue weighted by Crippen LogP contribution is -2.39. The largest absolute Gasteiger partial charge is 0.352 e. The van der Waals surface area contributed by atoms with E-state index >= 15 is 0 Å². The van der Waals surface area contributed by atoms with Crippen LogP contribution >= 0.6 is 0 Å². The Morgan fingerprint density at radius 2 is 2.00 bits per heavy atom. The Morgan fingerprint density at radius 3 is 2.81 bits per heavy atom. The third-order valence-corrected chi connectivity index (χ3v) is 4.77. The van der Waals surface area contributed by atoms with Crippen molar-refractivity contribution in [2.45, 2.75) is 25.6 Å². The molecule has 0 spiro atoms.